The number of carbonyl (C=O) groups is 2. The Morgan fingerprint density at radius 2 is 1.86 bits per heavy atom. The van der Waals surface area contributed by atoms with Gasteiger partial charge in [0.2, 0.25) is 0 Å². The number of carboxylic acid groups (broad SMARTS) is 1. The molecule has 6 heteroatoms. The molecule has 0 saturated heterocycles. The average Bonchev–Trinajstić information content (AvgIpc) is 1.96. The van der Waals surface area contributed by atoms with Crippen LogP contribution in [0, 0.1) is 0 Å². The van der Waals surface area contributed by atoms with E-state index in [2.05, 4.69) is 0 Å². The number of carbonyl (C=O) groups excluding carboxylic acids is 1. The van der Waals surface area contributed by atoms with Crippen molar-refractivity contribution < 1.29 is 24.5 Å². The topological polar surface area (TPSA) is 87.1 Å². The Balaban J connectivity index is 4.25. The van der Waals surface area contributed by atoms with Gasteiger partial charge in [0.25, 0.3) is 0 Å². The van der Waals surface area contributed by atoms with Crippen molar-refractivity contribution in [2.75, 3.05) is 13.3 Å². The lowest BCUT2D eigenvalue weighted by Gasteiger charge is -2.24. The van der Waals surface area contributed by atoms with Gasteiger partial charge in [0, 0.05) is 0 Å². The quantitative estimate of drug-likeness (QED) is 0.645. The van der Waals surface area contributed by atoms with Crippen LogP contribution in [0.4, 0.5) is 4.79 Å². The number of aliphatic hydroxyl groups is 1. The third-order valence-electron chi connectivity index (χ3n) is 1.15. The maximum Gasteiger partial charge on any atom is 0.412 e. The van der Waals surface area contributed by atoms with Gasteiger partial charge in [0.1, 0.15) is 18.9 Å². The number of aliphatic carboxylic acids is 1. The van der Waals surface area contributed by atoms with Crippen molar-refractivity contribution in [1.82, 2.24) is 4.90 Å². The van der Waals surface area contributed by atoms with E-state index in [0.717, 1.165) is 0 Å². The van der Waals surface area contributed by atoms with Gasteiger partial charge in [-0.1, -0.05) is 0 Å². The van der Waals surface area contributed by atoms with Crippen molar-refractivity contribution >= 4 is 12.1 Å². The molecule has 0 spiro atoms. The zero-order chi connectivity index (χ0) is 11.4. The van der Waals surface area contributed by atoms with Gasteiger partial charge in [0.15, 0.2) is 0 Å². The Hall–Kier alpha value is -1.30. The molecule has 0 aliphatic rings. The summed E-state index contributed by atoms with van der Waals surface area (Å²) >= 11 is 0. The number of hydrogen-bond donors (Lipinski definition) is 2. The summed E-state index contributed by atoms with van der Waals surface area (Å²) in [5, 5.41) is 17.1. The molecule has 0 atom stereocenters. The zero-order valence-electron chi connectivity index (χ0n) is 8.48. The molecule has 0 radical (unpaired) electrons. The Labute approximate surface area is 82.1 Å². The molecule has 0 aliphatic carbocycles. The summed E-state index contributed by atoms with van der Waals surface area (Å²) < 4.78 is 4.86. The summed E-state index contributed by atoms with van der Waals surface area (Å²) in [6.45, 7) is 3.70. The van der Waals surface area contributed by atoms with Crippen LogP contribution in [0.3, 0.4) is 0 Å². The number of hydrogen-bond acceptors (Lipinski definition) is 4. The highest BCUT2D eigenvalue weighted by Crippen LogP contribution is 2.09. The first-order chi connectivity index (χ1) is 6.26. The standard InChI is InChI=1S/C8H15NO5/c1-8(2,3)14-7(13)9(5-10)4-6(11)12/h10H,4-5H2,1-3H3,(H,11,12). The highest BCUT2D eigenvalue weighted by molar-refractivity contribution is 5.76. The predicted molar refractivity (Wildman–Crippen MR) is 47.7 cm³/mol. The monoisotopic (exact) mass is 205 g/mol. The SMILES string of the molecule is CC(C)(C)OC(=O)N(CO)CC(=O)O. The molecule has 0 aromatic carbocycles. The molecule has 0 bridgehead atoms. The maximum absolute atomic E-state index is 11.2. The lowest BCUT2D eigenvalue weighted by atomic mass is 10.2. The molecular weight excluding hydrogens is 190 g/mol. The molecule has 14 heavy (non-hydrogen) atoms. The van der Waals surface area contributed by atoms with Gasteiger partial charge < -0.3 is 14.9 Å². The lowest BCUT2D eigenvalue weighted by Crippen LogP contribution is -2.40. The van der Waals surface area contributed by atoms with Gasteiger partial charge in [-0.05, 0) is 20.8 Å². The molecule has 82 valence electrons. The van der Waals surface area contributed by atoms with E-state index < -0.39 is 30.9 Å². The Morgan fingerprint density at radius 1 is 1.36 bits per heavy atom. The van der Waals surface area contributed by atoms with Gasteiger partial charge in [-0.3, -0.25) is 9.69 Å². The van der Waals surface area contributed by atoms with E-state index in [1.165, 1.54) is 0 Å². The Kier molecular flexibility index (Phi) is 4.36. The minimum Gasteiger partial charge on any atom is -0.480 e. The molecule has 6 nitrogen and oxygen atoms in total. The fraction of sp³-hybridized carbons (Fsp3) is 0.750. The van der Waals surface area contributed by atoms with E-state index >= 15 is 0 Å². The summed E-state index contributed by atoms with van der Waals surface area (Å²) in [7, 11) is 0. The van der Waals surface area contributed by atoms with E-state index in [1.807, 2.05) is 0 Å². The van der Waals surface area contributed by atoms with Crippen LogP contribution in [0.2, 0.25) is 0 Å². The smallest absolute Gasteiger partial charge is 0.412 e. The van der Waals surface area contributed by atoms with Gasteiger partial charge in [-0.2, -0.15) is 0 Å². The Bertz CT molecular complexity index is 220. The van der Waals surface area contributed by atoms with E-state index in [4.69, 9.17) is 14.9 Å². The van der Waals surface area contributed by atoms with Gasteiger partial charge in [0.05, 0.1) is 0 Å². The molecule has 0 saturated carbocycles. The fourth-order valence-corrected chi connectivity index (χ4v) is 0.662. The largest absolute Gasteiger partial charge is 0.480 e. The van der Waals surface area contributed by atoms with Crippen LogP contribution in [-0.4, -0.2) is 46.1 Å². The molecule has 0 fully saturated rings. The van der Waals surface area contributed by atoms with E-state index in [0.29, 0.717) is 4.90 Å². The summed E-state index contributed by atoms with van der Waals surface area (Å²) in [6.07, 6.45) is -0.845. The second-order valence-corrected chi connectivity index (χ2v) is 3.71. The van der Waals surface area contributed by atoms with Crippen molar-refractivity contribution in [1.29, 1.82) is 0 Å². The number of rotatable bonds is 3. The average molecular weight is 205 g/mol. The minimum absolute atomic E-state index is 0.578. The fourth-order valence-electron chi connectivity index (χ4n) is 0.662. The first-order valence-corrected chi connectivity index (χ1v) is 4.07. The zero-order valence-corrected chi connectivity index (χ0v) is 8.48. The molecule has 0 aliphatic heterocycles. The first kappa shape index (κ1) is 12.7. The second-order valence-electron chi connectivity index (χ2n) is 3.71. The van der Waals surface area contributed by atoms with Gasteiger partial charge >= 0.3 is 12.1 Å². The third-order valence-corrected chi connectivity index (χ3v) is 1.15. The normalized spacial score (nSPS) is 10.9. The number of carboxylic acids is 1. The van der Waals surface area contributed by atoms with E-state index in [9.17, 15) is 9.59 Å². The maximum atomic E-state index is 11.2. The van der Waals surface area contributed by atoms with Crippen LogP contribution in [0.25, 0.3) is 0 Å². The molecular formula is C8H15NO5. The molecule has 0 aromatic rings. The summed E-state index contributed by atoms with van der Waals surface area (Å²) in [5.74, 6) is -1.20. The van der Waals surface area contributed by atoms with Crippen LogP contribution >= 0.6 is 0 Å². The van der Waals surface area contributed by atoms with Crippen molar-refractivity contribution in [3.8, 4) is 0 Å². The number of amides is 1. The van der Waals surface area contributed by atoms with Crippen molar-refractivity contribution in [2.24, 2.45) is 0 Å². The number of nitrogens with zero attached hydrogens (tertiary/aromatic N) is 1. The number of aliphatic hydroxyl groups excluding tert-OH is 1. The minimum atomic E-state index is -1.20. The van der Waals surface area contributed by atoms with Gasteiger partial charge in [-0.15, -0.1) is 0 Å². The summed E-state index contributed by atoms with van der Waals surface area (Å²) in [5.41, 5.74) is -0.705. The van der Waals surface area contributed by atoms with Crippen molar-refractivity contribution in [3.05, 3.63) is 0 Å². The summed E-state index contributed by atoms with van der Waals surface area (Å²) in [4.78, 5) is 22.2. The van der Waals surface area contributed by atoms with Crippen molar-refractivity contribution in [3.63, 3.8) is 0 Å². The summed E-state index contributed by atoms with van der Waals surface area (Å²) in [6, 6.07) is 0. The number of ether oxygens (including phenoxy) is 1. The van der Waals surface area contributed by atoms with E-state index in [1.54, 1.807) is 20.8 Å². The van der Waals surface area contributed by atoms with Crippen LogP contribution < -0.4 is 0 Å². The lowest BCUT2D eigenvalue weighted by molar-refractivity contribution is -0.139. The van der Waals surface area contributed by atoms with Crippen LogP contribution in [0.1, 0.15) is 20.8 Å². The molecule has 0 heterocycles. The van der Waals surface area contributed by atoms with Crippen molar-refractivity contribution in [2.45, 2.75) is 26.4 Å². The molecule has 0 aromatic heterocycles. The highest BCUT2D eigenvalue weighted by Gasteiger charge is 2.22. The Morgan fingerprint density at radius 3 is 2.14 bits per heavy atom. The van der Waals surface area contributed by atoms with E-state index in [-0.39, 0.29) is 0 Å². The third kappa shape index (κ3) is 5.36. The molecule has 2 N–H and O–H groups in total. The van der Waals surface area contributed by atoms with Crippen LogP contribution in [0.5, 0.6) is 0 Å². The molecule has 1 amide bonds. The first-order valence-electron chi connectivity index (χ1n) is 4.07. The molecule has 0 unspecified atom stereocenters. The molecule has 0 rings (SSSR count). The highest BCUT2D eigenvalue weighted by atomic mass is 16.6. The second kappa shape index (κ2) is 4.80. The van der Waals surface area contributed by atoms with Crippen LogP contribution in [0.15, 0.2) is 0 Å². The predicted octanol–water partition coefficient (Wildman–Crippen LogP) is 0.258. The van der Waals surface area contributed by atoms with Crippen LogP contribution in [-0.2, 0) is 9.53 Å². The van der Waals surface area contributed by atoms with Gasteiger partial charge in [-0.25, -0.2) is 4.79 Å².